The fourth-order valence-electron chi connectivity index (χ4n) is 1.37. The molecule has 0 spiro atoms. The van der Waals surface area contributed by atoms with Crippen LogP contribution in [0.3, 0.4) is 0 Å². The van der Waals surface area contributed by atoms with E-state index in [9.17, 15) is 4.79 Å². The van der Waals surface area contributed by atoms with Gasteiger partial charge in [-0.3, -0.25) is 4.79 Å². The Morgan fingerprint density at radius 3 is 2.41 bits per heavy atom. The molecule has 0 fully saturated rings. The minimum atomic E-state index is -0.508. The second kappa shape index (κ2) is 5.65. The van der Waals surface area contributed by atoms with Crippen molar-refractivity contribution < 1.29 is 14.4 Å². The van der Waals surface area contributed by atoms with Gasteiger partial charge in [-0.15, -0.1) is 0 Å². The molecule has 0 aliphatic heterocycles. The number of hydrogen-bond donors (Lipinski definition) is 2. The van der Waals surface area contributed by atoms with Gasteiger partial charge in [-0.25, -0.2) is 5.90 Å². The molecular formula is C12H18N2O3. The standard InChI is InChI=1S/C12H18N2O3/c1-12(2,8-17-13)14-11(15)9-4-6-10(16-3)7-5-9/h4-7H,8,13H2,1-3H3,(H,14,15). The SMILES string of the molecule is COc1ccc(C(=O)NC(C)(C)CON)cc1. The number of nitrogens with two attached hydrogens (primary N) is 1. The zero-order valence-corrected chi connectivity index (χ0v) is 10.3. The Morgan fingerprint density at radius 2 is 1.94 bits per heavy atom. The van der Waals surface area contributed by atoms with Gasteiger partial charge in [0.2, 0.25) is 0 Å². The van der Waals surface area contributed by atoms with E-state index in [2.05, 4.69) is 10.2 Å². The van der Waals surface area contributed by atoms with E-state index in [-0.39, 0.29) is 12.5 Å². The lowest BCUT2D eigenvalue weighted by molar-refractivity contribution is 0.0687. The Kier molecular flexibility index (Phi) is 4.48. The minimum Gasteiger partial charge on any atom is -0.497 e. The molecule has 0 atom stereocenters. The molecule has 0 unspecified atom stereocenters. The molecule has 17 heavy (non-hydrogen) atoms. The van der Waals surface area contributed by atoms with Crippen molar-refractivity contribution in [1.29, 1.82) is 0 Å². The quantitative estimate of drug-likeness (QED) is 0.753. The van der Waals surface area contributed by atoms with E-state index < -0.39 is 5.54 Å². The molecule has 0 heterocycles. The summed E-state index contributed by atoms with van der Waals surface area (Å²) in [5.41, 5.74) is 0.0575. The van der Waals surface area contributed by atoms with Crippen LogP contribution in [0.4, 0.5) is 0 Å². The predicted octanol–water partition coefficient (Wildman–Crippen LogP) is 1.09. The van der Waals surface area contributed by atoms with E-state index in [0.29, 0.717) is 11.3 Å². The van der Waals surface area contributed by atoms with Crippen LogP contribution in [0.1, 0.15) is 24.2 Å². The predicted molar refractivity (Wildman–Crippen MR) is 64.7 cm³/mol. The van der Waals surface area contributed by atoms with E-state index in [1.807, 2.05) is 13.8 Å². The first-order chi connectivity index (χ1) is 7.98. The van der Waals surface area contributed by atoms with Crippen LogP contribution in [0.2, 0.25) is 0 Å². The number of carbonyl (C=O) groups is 1. The Labute approximate surface area is 101 Å². The lowest BCUT2D eigenvalue weighted by Gasteiger charge is -2.24. The molecule has 1 aromatic carbocycles. The number of carbonyl (C=O) groups excluding carboxylic acids is 1. The molecule has 3 N–H and O–H groups in total. The van der Waals surface area contributed by atoms with Gasteiger partial charge in [-0.05, 0) is 38.1 Å². The van der Waals surface area contributed by atoms with Crippen molar-refractivity contribution in [2.24, 2.45) is 5.90 Å². The van der Waals surface area contributed by atoms with Gasteiger partial charge in [0, 0.05) is 5.56 Å². The minimum absolute atomic E-state index is 0.172. The van der Waals surface area contributed by atoms with Crippen molar-refractivity contribution in [1.82, 2.24) is 5.32 Å². The molecule has 5 nitrogen and oxygen atoms in total. The average Bonchev–Trinajstić information content (AvgIpc) is 2.28. The van der Waals surface area contributed by atoms with Crippen LogP contribution in [-0.2, 0) is 4.84 Å². The number of rotatable bonds is 5. The second-order valence-electron chi connectivity index (χ2n) is 4.38. The molecule has 1 amide bonds. The number of methoxy groups -OCH3 is 1. The summed E-state index contributed by atoms with van der Waals surface area (Å²) in [4.78, 5) is 16.4. The molecule has 94 valence electrons. The van der Waals surface area contributed by atoms with Crippen LogP contribution in [-0.4, -0.2) is 25.2 Å². The van der Waals surface area contributed by atoms with Gasteiger partial charge in [-0.2, -0.15) is 0 Å². The van der Waals surface area contributed by atoms with Gasteiger partial charge < -0.3 is 14.9 Å². The highest BCUT2D eigenvalue weighted by atomic mass is 16.6. The second-order valence-corrected chi connectivity index (χ2v) is 4.38. The van der Waals surface area contributed by atoms with Crippen LogP contribution in [0, 0.1) is 0 Å². The molecule has 1 aromatic rings. The monoisotopic (exact) mass is 238 g/mol. The van der Waals surface area contributed by atoms with Crippen molar-refractivity contribution >= 4 is 5.91 Å². The topological polar surface area (TPSA) is 73.6 Å². The number of benzene rings is 1. The molecule has 0 aliphatic carbocycles. The molecule has 5 heteroatoms. The summed E-state index contributed by atoms with van der Waals surface area (Å²) < 4.78 is 5.02. The zero-order chi connectivity index (χ0) is 12.9. The van der Waals surface area contributed by atoms with E-state index in [0.717, 1.165) is 0 Å². The summed E-state index contributed by atoms with van der Waals surface area (Å²) in [7, 11) is 1.58. The largest absolute Gasteiger partial charge is 0.497 e. The fourth-order valence-corrected chi connectivity index (χ4v) is 1.37. The number of ether oxygens (including phenoxy) is 1. The molecule has 0 saturated heterocycles. The van der Waals surface area contributed by atoms with Crippen molar-refractivity contribution in [3.8, 4) is 5.75 Å². The third kappa shape index (κ3) is 4.05. The summed E-state index contributed by atoms with van der Waals surface area (Å²) in [6, 6.07) is 6.88. The molecule has 1 rings (SSSR count). The molecular weight excluding hydrogens is 220 g/mol. The number of amides is 1. The van der Waals surface area contributed by atoms with Crippen molar-refractivity contribution in [2.45, 2.75) is 19.4 Å². The lowest BCUT2D eigenvalue weighted by atomic mass is 10.1. The van der Waals surface area contributed by atoms with Crippen molar-refractivity contribution in [2.75, 3.05) is 13.7 Å². The number of nitrogens with one attached hydrogen (secondary N) is 1. The van der Waals surface area contributed by atoms with Crippen LogP contribution in [0.5, 0.6) is 5.75 Å². The lowest BCUT2D eigenvalue weighted by Crippen LogP contribution is -2.47. The summed E-state index contributed by atoms with van der Waals surface area (Å²) in [6.45, 7) is 3.91. The Hall–Kier alpha value is -1.59. The highest BCUT2D eigenvalue weighted by molar-refractivity contribution is 5.94. The van der Waals surface area contributed by atoms with Gasteiger partial charge in [0.05, 0.1) is 19.3 Å². The normalized spacial score (nSPS) is 11.1. The zero-order valence-electron chi connectivity index (χ0n) is 10.3. The van der Waals surface area contributed by atoms with Crippen LogP contribution >= 0.6 is 0 Å². The third-order valence-electron chi connectivity index (χ3n) is 2.25. The van der Waals surface area contributed by atoms with Gasteiger partial charge in [0.15, 0.2) is 0 Å². The van der Waals surface area contributed by atoms with Gasteiger partial charge in [0.1, 0.15) is 5.75 Å². The fraction of sp³-hybridized carbons (Fsp3) is 0.417. The Balaban J connectivity index is 2.69. The summed E-state index contributed by atoms with van der Waals surface area (Å²) in [6.07, 6.45) is 0. The first-order valence-electron chi connectivity index (χ1n) is 5.27. The van der Waals surface area contributed by atoms with E-state index in [4.69, 9.17) is 10.6 Å². The van der Waals surface area contributed by atoms with Crippen LogP contribution < -0.4 is 16.0 Å². The van der Waals surface area contributed by atoms with Gasteiger partial charge in [-0.1, -0.05) is 0 Å². The van der Waals surface area contributed by atoms with E-state index in [1.165, 1.54) is 0 Å². The average molecular weight is 238 g/mol. The van der Waals surface area contributed by atoms with Crippen molar-refractivity contribution in [3.63, 3.8) is 0 Å². The van der Waals surface area contributed by atoms with E-state index >= 15 is 0 Å². The van der Waals surface area contributed by atoms with Crippen LogP contribution in [0.15, 0.2) is 24.3 Å². The highest BCUT2D eigenvalue weighted by Crippen LogP contribution is 2.12. The van der Waals surface area contributed by atoms with E-state index in [1.54, 1.807) is 31.4 Å². The molecule has 0 radical (unpaired) electrons. The Morgan fingerprint density at radius 1 is 1.35 bits per heavy atom. The van der Waals surface area contributed by atoms with Crippen LogP contribution in [0.25, 0.3) is 0 Å². The van der Waals surface area contributed by atoms with Gasteiger partial charge in [0.25, 0.3) is 5.91 Å². The maximum absolute atomic E-state index is 11.9. The smallest absolute Gasteiger partial charge is 0.251 e. The number of hydrogen-bond acceptors (Lipinski definition) is 4. The summed E-state index contributed by atoms with van der Waals surface area (Å²) in [5, 5.41) is 2.83. The van der Waals surface area contributed by atoms with Crippen molar-refractivity contribution in [3.05, 3.63) is 29.8 Å². The molecule has 0 aliphatic rings. The third-order valence-corrected chi connectivity index (χ3v) is 2.25. The van der Waals surface area contributed by atoms with Gasteiger partial charge >= 0.3 is 0 Å². The highest BCUT2D eigenvalue weighted by Gasteiger charge is 2.21. The molecule has 0 bridgehead atoms. The maximum Gasteiger partial charge on any atom is 0.251 e. The Bertz CT molecular complexity index is 374. The first kappa shape index (κ1) is 13.5. The summed E-state index contributed by atoms with van der Waals surface area (Å²) in [5.74, 6) is 5.54. The molecule has 0 aromatic heterocycles. The first-order valence-corrected chi connectivity index (χ1v) is 5.27. The summed E-state index contributed by atoms with van der Waals surface area (Å²) >= 11 is 0. The maximum atomic E-state index is 11.9. The molecule has 0 saturated carbocycles.